The second-order valence-corrected chi connectivity index (χ2v) is 3.91. The minimum Gasteiger partial charge on any atom is -0.490 e. The third-order valence-corrected chi connectivity index (χ3v) is 2.53. The van der Waals surface area contributed by atoms with Gasteiger partial charge < -0.3 is 15.2 Å². The fraction of sp³-hybridized carbons (Fsp3) is 0.615. The van der Waals surface area contributed by atoms with Crippen molar-refractivity contribution in [2.45, 2.75) is 32.7 Å². The maximum absolute atomic E-state index is 8.65. The van der Waals surface area contributed by atoms with E-state index in [-0.39, 0.29) is 6.61 Å². The Morgan fingerprint density at radius 2 is 2.24 bits per heavy atom. The van der Waals surface area contributed by atoms with Gasteiger partial charge in [-0.05, 0) is 31.5 Å². The molecule has 4 nitrogen and oxygen atoms in total. The monoisotopic (exact) mass is 238 g/mol. The highest BCUT2D eigenvalue weighted by Crippen LogP contribution is 2.17. The number of aliphatic hydroxyl groups is 1. The van der Waals surface area contributed by atoms with Gasteiger partial charge >= 0.3 is 0 Å². The van der Waals surface area contributed by atoms with E-state index in [4.69, 9.17) is 9.84 Å². The molecule has 1 unspecified atom stereocenters. The summed E-state index contributed by atoms with van der Waals surface area (Å²) in [5.74, 6) is 0.702. The van der Waals surface area contributed by atoms with Gasteiger partial charge in [-0.1, -0.05) is 13.8 Å². The first-order valence-corrected chi connectivity index (χ1v) is 6.24. The molecule has 2 N–H and O–H groups in total. The quantitative estimate of drug-likeness (QED) is 0.726. The lowest BCUT2D eigenvalue weighted by Crippen LogP contribution is -2.22. The molecular weight excluding hydrogens is 216 g/mol. The average Bonchev–Trinajstić information content (AvgIpc) is 2.38. The van der Waals surface area contributed by atoms with Crippen molar-refractivity contribution in [3.05, 3.63) is 24.0 Å². The van der Waals surface area contributed by atoms with E-state index < -0.39 is 0 Å². The molecule has 1 aromatic heterocycles. The predicted octanol–water partition coefficient (Wildman–Crippen LogP) is 1.90. The maximum Gasteiger partial charge on any atom is 0.137 e. The number of aliphatic hydroxyl groups excluding tert-OH is 1. The van der Waals surface area contributed by atoms with Crippen molar-refractivity contribution in [2.24, 2.45) is 0 Å². The summed E-state index contributed by atoms with van der Waals surface area (Å²) >= 11 is 0. The lowest BCUT2D eigenvalue weighted by atomic mass is 10.1. The van der Waals surface area contributed by atoms with Crippen LogP contribution in [0.5, 0.6) is 5.75 Å². The maximum atomic E-state index is 8.65. The summed E-state index contributed by atoms with van der Waals surface area (Å²) < 4.78 is 5.27. The molecule has 1 atom stereocenters. The highest BCUT2D eigenvalue weighted by molar-refractivity contribution is 5.21. The van der Waals surface area contributed by atoms with Gasteiger partial charge in [-0.15, -0.1) is 0 Å². The Bertz CT molecular complexity index is 301. The number of aromatic nitrogens is 1. The van der Waals surface area contributed by atoms with Gasteiger partial charge in [0, 0.05) is 6.04 Å². The smallest absolute Gasteiger partial charge is 0.137 e. The van der Waals surface area contributed by atoms with E-state index in [1.807, 2.05) is 12.1 Å². The standard InChI is InChI=1S/C13H22N2O2/c1-3-7-14-12(4-2)13-6-5-11(10-15-13)17-9-8-16/h5-6,10,12,14,16H,3-4,7-9H2,1-2H3. The molecule has 0 fully saturated rings. The molecule has 1 rings (SSSR count). The van der Waals surface area contributed by atoms with E-state index >= 15 is 0 Å². The Labute approximate surface area is 103 Å². The first-order chi connectivity index (χ1) is 8.31. The lowest BCUT2D eigenvalue weighted by Gasteiger charge is -2.16. The molecule has 0 aliphatic carbocycles. The van der Waals surface area contributed by atoms with Crippen LogP contribution in [-0.4, -0.2) is 29.8 Å². The summed E-state index contributed by atoms with van der Waals surface area (Å²) in [6.45, 7) is 5.64. The Balaban J connectivity index is 2.57. The van der Waals surface area contributed by atoms with Gasteiger partial charge in [0.05, 0.1) is 18.5 Å². The number of pyridine rings is 1. The average molecular weight is 238 g/mol. The Morgan fingerprint density at radius 1 is 1.41 bits per heavy atom. The van der Waals surface area contributed by atoms with Crippen LogP contribution in [0.2, 0.25) is 0 Å². The van der Waals surface area contributed by atoms with Crippen molar-refractivity contribution < 1.29 is 9.84 Å². The van der Waals surface area contributed by atoms with Crippen molar-refractivity contribution in [1.82, 2.24) is 10.3 Å². The van der Waals surface area contributed by atoms with Gasteiger partial charge in [-0.2, -0.15) is 0 Å². The van der Waals surface area contributed by atoms with Gasteiger partial charge in [-0.25, -0.2) is 0 Å². The number of nitrogens with one attached hydrogen (secondary N) is 1. The van der Waals surface area contributed by atoms with Gasteiger partial charge in [0.2, 0.25) is 0 Å². The summed E-state index contributed by atoms with van der Waals surface area (Å²) in [5, 5.41) is 12.1. The summed E-state index contributed by atoms with van der Waals surface area (Å²) in [7, 11) is 0. The van der Waals surface area contributed by atoms with Crippen LogP contribution in [0, 0.1) is 0 Å². The van der Waals surface area contributed by atoms with Gasteiger partial charge in [-0.3, -0.25) is 4.98 Å². The third kappa shape index (κ3) is 4.71. The van der Waals surface area contributed by atoms with Gasteiger partial charge in [0.15, 0.2) is 0 Å². The number of ether oxygens (including phenoxy) is 1. The Morgan fingerprint density at radius 3 is 2.76 bits per heavy atom. The first-order valence-electron chi connectivity index (χ1n) is 6.24. The van der Waals surface area contributed by atoms with Crippen LogP contribution < -0.4 is 10.1 Å². The number of hydrogen-bond acceptors (Lipinski definition) is 4. The van der Waals surface area contributed by atoms with Crippen LogP contribution in [-0.2, 0) is 0 Å². The van der Waals surface area contributed by atoms with Crippen molar-refractivity contribution in [3.63, 3.8) is 0 Å². The SMILES string of the molecule is CCCNC(CC)c1ccc(OCCO)cn1. The number of hydrogen-bond donors (Lipinski definition) is 2. The molecule has 17 heavy (non-hydrogen) atoms. The van der Waals surface area contributed by atoms with E-state index in [2.05, 4.69) is 24.1 Å². The molecule has 0 radical (unpaired) electrons. The summed E-state index contributed by atoms with van der Waals surface area (Å²) in [4.78, 5) is 4.39. The van der Waals surface area contributed by atoms with E-state index in [9.17, 15) is 0 Å². The third-order valence-electron chi connectivity index (χ3n) is 2.53. The largest absolute Gasteiger partial charge is 0.490 e. The van der Waals surface area contributed by atoms with Crippen molar-refractivity contribution in [2.75, 3.05) is 19.8 Å². The van der Waals surface area contributed by atoms with Crippen LogP contribution in [0.15, 0.2) is 18.3 Å². The van der Waals surface area contributed by atoms with E-state index in [1.165, 1.54) is 0 Å². The molecule has 0 aliphatic rings. The number of rotatable bonds is 8. The fourth-order valence-electron chi connectivity index (χ4n) is 1.62. The van der Waals surface area contributed by atoms with E-state index in [0.717, 1.165) is 25.1 Å². The molecular formula is C13H22N2O2. The molecule has 1 aromatic rings. The molecule has 0 saturated heterocycles. The lowest BCUT2D eigenvalue weighted by molar-refractivity contribution is 0.201. The second kappa shape index (κ2) is 8.03. The normalized spacial score (nSPS) is 12.4. The van der Waals surface area contributed by atoms with Crippen molar-refractivity contribution in [1.29, 1.82) is 0 Å². The van der Waals surface area contributed by atoms with Crippen molar-refractivity contribution >= 4 is 0 Å². The molecule has 0 amide bonds. The zero-order chi connectivity index (χ0) is 12.5. The zero-order valence-electron chi connectivity index (χ0n) is 10.6. The Kier molecular flexibility index (Phi) is 6.58. The van der Waals surface area contributed by atoms with Crippen molar-refractivity contribution in [3.8, 4) is 5.75 Å². The molecule has 0 spiro atoms. The van der Waals surface area contributed by atoms with Gasteiger partial charge in [0.1, 0.15) is 12.4 Å². The van der Waals surface area contributed by atoms with Crippen LogP contribution in [0.1, 0.15) is 38.4 Å². The van der Waals surface area contributed by atoms with Crippen LogP contribution in [0.4, 0.5) is 0 Å². The summed E-state index contributed by atoms with van der Waals surface area (Å²) in [6.07, 6.45) is 3.85. The summed E-state index contributed by atoms with van der Waals surface area (Å²) in [6, 6.07) is 4.18. The molecule has 0 saturated carbocycles. The predicted molar refractivity (Wildman–Crippen MR) is 68.1 cm³/mol. The van der Waals surface area contributed by atoms with Crippen LogP contribution in [0.3, 0.4) is 0 Å². The van der Waals surface area contributed by atoms with Crippen LogP contribution >= 0.6 is 0 Å². The molecule has 0 bridgehead atoms. The topological polar surface area (TPSA) is 54.4 Å². The highest BCUT2D eigenvalue weighted by atomic mass is 16.5. The minimum atomic E-state index is 0.0252. The molecule has 4 heteroatoms. The molecule has 96 valence electrons. The molecule has 0 aromatic carbocycles. The highest BCUT2D eigenvalue weighted by Gasteiger charge is 2.09. The Hall–Kier alpha value is -1.13. The second-order valence-electron chi connectivity index (χ2n) is 3.91. The van der Waals surface area contributed by atoms with E-state index in [0.29, 0.717) is 18.4 Å². The number of nitrogens with zero attached hydrogens (tertiary/aromatic N) is 1. The first kappa shape index (κ1) is 13.9. The minimum absolute atomic E-state index is 0.0252. The molecule has 0 aliphatic heterocycles. The molecule has 1 heterocycles. The van der Waals surface area contributed by atoms with Gasteiger partial charge in [0.25, 0.3) is 0 Å². The van der Waals surface area contributed by atoms with Crippen LogP contribution in [0.25, 0.3) is 0 Å². The zero-order valence-corrected chi connectivity index (χ0v) is 10.6. The fourth-order valence-corrected chi connectivity index (χ4v) is 1.62. The van der Waals surface area contributed by atoms with E-state index in [1.54, 1.807) is 6.20 Å². The summed E-state index contributed by atoms with van der Waals surface area (Å²) in [5.41, 5.74) is 1.04.